The van der Waals surface area contributed by atoms with Crippen molar-refractivity contribution in [2.45, 2.75) is 11.9 Å². The van der Waals surface area contributed by atoms with Gasteiger partial charge in [-0.05, 0) is 41.3 Å². The summed E-state index contributed by atoms with van der Waals surface area (Å²) in [5, 5.41) is 1.24. The molecule has 1 aliphatic heterocycles. The first kappa shape index (κ1) is 24.8. The van der Waals surface area contributed by atoms with Gasteiger partial charge in [-0.25, -0.2) is 0 Å². The average molecular weight is 541 g/mol. The zero-order valence-electron chi connectivity index (χ0n) is 21.9. The predicted molar refractivity (Wildman–Crippen MR) is 162 cm³/mol. The van der Waals surface area contributed by atoms with Crippen LogP contribution in [0.5, 0.6) is 5.75 Å². The van der Waals surface area contributed by atoms with E-state index in [0.29, 0.717) is 13.2 Å². The van der Waals surface area contributed by atoms with Gasteiger partial charge in [0.1, 0.15) is 5.75 Å². The standard InChI is InChI=1S/C36H28O3S/c1-4-13-28(14-5-1)36(29-15-6-2-7-16-29,30-17-8-3-9-18-30)39-32-21-20-27(24-31(32)35-37-22-23-38-35)34-25-26-12-10-11-19-33(26)40-34/h1-21,24-25,35H,22-23H2. The molecular formula is C36H28O3S. The molecule has 196 valence electrons. The second kappa shape index (κ2) is 10.7. The first-order chi connectivity index (χ1) is 19.8. The van der Waals surface area contributed by atoms with Gasteiger partial charge >= 0.3 is 0 Å². The molecule has 1 aromatic heterocycles. The molecule has 0 amide bonds. The van der Waals surface area contributed by atoms with E-state index in [0.717, 1.165) is 33.6 Å². The van der Waals surface area contributed by atoms with Crippen LogP contribution in [0.15, 0.2) is 140 Å². The molecule has 1 aliphatic rings. The second-order valence-corrected chi connectivity index (χ2v) is 10.9. The van der Waals surface area contributed by atoms with Crippen LogP contribution >= 0.6 is 11.3 Å². The number of fused-ring (bicyclic) bond motifs is 1. The maximum Gasteiger partial charge on any atom is 0.187 e. The molecule has 0 saturated carbocycles. The van der Waals surface area contributed by atoms with Crippen molar-refractivity contribution in [3.05, 3.63) is 162 Å². The molecular weight excluding hydrogens is 512 g/mol. The fourth-order valence-corrected chi connectivity index (χ4v) is 6.56. The van der Waals surface area contributed by atoms with Gasteiger partial charge in [0.15, 0.2) is 11.9 Å². The van der Waals surface area contributed by atoms with Gasteiger partial charge in [0, 0.05) is 26.3 Å². The van der Waals surface area contributed by atoms with Gasteiger partial charge in [-0.2, -0.15) is 0 Å². The Bertz CT molecular complexity index is 1590. The van der Waals surface area contributed by atoms with Crippen LogP contribution in [0.4, 0.5) is 0 Å². The molecule has 2 heterocycles. The van der Waals surface area contributed by atoms with E-state index in [4.69, 9.17) is 14.2 Å². The summed E-state index contributed by atoms with van der Waals surface area (Å²) in [6.45, 7) is 1.11. The van der Waals surface area contributed by atoms with Crippen molar-refractivity contribution in [3.8, 4) is 16.2 Å². The number of ether oxygens (including phenoxy) is 3. The molecule has 1 saturated heterocycles. The van der Waals surface area contributed by atoms with E-state index in [1.165, 1.54) is 15.0 Å². The molecule has 0 radical (unpaired) electrons. The van der Waals surface area contributed by atoms with Crippen molar-refractivity contribution < 1.29 is 14.2 Å². The van der Waals surface area contributed by atoms with E-state index >= 15 is 0 Å². The lowest BCUT2D eigenvalue weighted by Gasteiger charge is -2.37. The van der Waals surface area contributed by atoms with Crippen molar-refractivity contribution in [3.63, 3.8) is 0 Å². The van der Waals surface area contributed by atoms with Gasteiger partial charge in [0.2, 0.25) is 0 Å². The van der Waals surface area contributed by atoms with Gasteiger partial charge in [-0.3, -0.25) is 0 Å². The average Bonchev–Trinajstić information content (AvgIpc) is 3.72. The third-order valence-corrected chi connectivity index (χ3v) is 8.56. The van der Waals surface area contributed by atoms with Crippen LogP contribution in [0.2, 0.25) is 0 Å². The van der Waals surface area contributed by atoms with Gasteiger partial charge in [-0.1, -0.05) is 109 Å². The largest absolute Gasteiger partial charge is 0.473 e. The molecule has 4 heteroatoms. The van der Waals surface area contributed by atoms with Crippen LogP contribution in [0.3, 0.4) is 0 Å². The van der Waals surface area contributed by atoms with Crippen LogP contribution in [-0.2, 0) is 15.1 Å². The van der Waals surface area contributed by atoms with Crippen molar-refractivity contribution in [1.29, 1.82) is 0 Å². The summed E-state index contributed by atoms with van der Waals surface area (Å²) in [7, 11) is 0. The van der Waals surface area contributed by atoms with Crippen LogP contribution in [0.25, 0.3) is 20.5 Å². The summed E-state index contributed by atoms with van der Waals surface area (Å²) in [6.07, 6.45) is -0.496. The smallest absolute Gasteiger partial charge is 0.187 e. The topological polar surface area (TPSA) is 27.7 Å². The molecule has 0 N–H and O–H groups in total. The zero-order chi connectivity index (χ0) is 26.8. The molecule has 0 aliphatic carbocycles. The van der Waals surface area contributed by atoms with Crippen LogP contribution in [-0.4, -0.2) is 13.2 Å². The van der Waals surface area contributed by atoms with E-state index in [-0.39, 0.29) is 0 Å². The molecule has 0 atom stereocenters. The third-order valence-electron chi connectivity index (χ3n) is 7.40. The molecule has 6 aromatic rings. The summed E-state index contributed by atoms with van der Waals surface area (Å²) in [5.41, 5.74) is 4.24. The lowest BCUT2D eigenvalue weighted by molar-refractivity contribution is -0.0469. The molecule has 0 bridgehead atoms. The van der Waals surface area contributed by atoms with Crippen molar-refractivity contribution in [2.75, 3.05) is 13.2 Å². The minimum atomic E-state index is -0.893. The van der Waals surface area contributed by atoms with Gasteiger partial charge in [0.25, 0.3) is 0 Å². The van der Waals surface area contributed by atoms with Gasteiger partial charge in [-0.15, -0.1) is 11.3 Å². The highest BCUT2D eigenvalue weighted by molar-refractivity contribution is 7.22. The minimum Gasteiger partial charge on any atom is -0.473 e. The first-order valence-corrected chi connectivity index (χ1v) is 14.3. The Morgan fingerprint density at radius 1 is 0.600 bits per heavy atom. The molecule has 0 unspecified atom stereocenters. The Morgan fingerprint density at radius 2 is 1.15 bits per heavy atom. The van der Waals surface area contributed by atoms with E-state index in [2.05, 4.69) is 121 Å². The fraction of sp³-hybridized carbons (Fsp3) is 0.111. The highest BCUT2D eigenvalue weighted by atomic mass is 32.1. The predicted octanol–water partition coefficient (Wildman–Crippen LogP) is 8.98. The first-order valence-electron chi connectivity index (χ1n) is 13.5. The summed E-state index contributed by atoms with van der Waals surface area (Å²) in [5.74, 6) is 0.730. The van der Waals surface area contributed by atoms with Crippen molar-refractivity contribution in [1.82, 2.24) is 0 Å². The molecule has 5 aromatic carbocycles. The van der Waals surface area contributed by atoms with E-state index in [1.54, 1.807) is 11.3 Å². The maximum absolute atomic E-state index is 7.30. The fourth-order valence-electron chi connectivity index (χ4n) is 5.50. The summed E-state index contributed by atoms with van der Waals surface area (Å²) >= 11 is 1.79. The Balaban J connectivity index is 1.42. The number of benzene rings is 5. The molecule has 7 rings (SSSR count). The highest BCUT2D eigenvalue weighted by Gasteiger charge is 2.40. The quantitative estimate of drug-likeness (QED) is 0.189. The Labute approximate surface area is 238 Å². The lowest BCUT2D eigenvalue weighted by Crippen LogP contribution is -2.36. The molecule has 40 heavy (non-hydrogen) atoms. The highest BCUT2D eigenvalue weighted by Crippen LogP contribution is 2.45. The lowest BCUT2D eigenvalue weighted by atomic mass is 9.80. The van der Waals surface area contributed by atoms with E-state index < -0.39 is 11.9 Å². The minimum absolute atomic E-state index is 0.496. The summed E-state index contributed by atoms with van der Waals surface area (Å²) in [6, 6.07) is 48.4. The molecule has 1 fully saturated rings. The third kappa shape index (κ3) is 4.50. The summed E-state index contributed by atoms with van der Waals surface area (Å²) in [4.78, 5) is 1.20. The van der Waals surface area contributed by atoms with Gasteiger partial charge < -0.3 is 14.2 Å². The number of rotatable bonds is 7. The van der Waals surface area contributed by atoms with Gasteiger partial charge in [0.05, 0.1) is 18.8 Å². The SMILES string of the molecule is c1ccc(C(Oc2ccc(-c3cc4ccccc4s3)cc2C2OCCO2)(c2ccccc2)c2ccccc2)cc1. The second-order valence-electron chi connectivity index (χ2n) is 9.86. The Kier molecular flexibility index (Phi) is 6.66. The monoisotopic (exact) mass is 540 g/mol. The Morgan fingerprint density at radius 3 is 1.73 bits per heavy atom. The van der Waals surface area contributed by atoms with E-state index in [1.807, 2.05) is 18.2 Å². The summed E-state index contributed by atoms with van der Waals surface area (Å²) < 4.78 is 20.7. The van der Waals surface area contributed by atoms with Crippen LogP contribution < -0.4 is 4.74 Å². The molecule has 3 nitrogen and oxygen atoms in total. The zero-order valence-corrected chi connectivity index (χ0v) is 22.7. The normalized spacial score (nSPS) is 14.0. The number of thiophene rings is 1. The number of hydrogen-bond acceptors (Lipinski definition) is 4. The van der Waals surface area contributed by atoms with Crippen molar-refractivity contribution >= 4 is 21.4 Å². The number of hydrogen-bond donors (Lipinski definition) is 0. The molecule has 0 spiro atoms. The van der Waals surface area contributed by atoms with Crippen LogP contribution in [0.1, 0.15) is 28.5 Å². The maximum atomic E-state index is 7.30. The van der Waals surface area contributed by atoms with Crippen LogP contribution in [0, 0.1) is 0 Å². The van der Waals surface area contributed by atoms with Crippen molar-refractivity contribution in [2.24, 2.45) is 0 Å². The van der Waals surface area contributed by atoms with E-state index in [9.17, 15) is 0 Å². The Hall–Kier alpha value is -4.22.